The Balaban J connectivity index is 2.71. The van der Waals surface area contributed by atoms with Crippen LogP contribution >= 0.6 is 0 Å². The summed E-state index contributed by atoms with van der Waals surface area (Å²) in [5.41, 5.74) is 11.0. The van der Waals surface area contributed by atoms with E-state index in [1.54, 1.807) is 24.3 Å². The maximum atomic E-state index is 12.0. The third-order valence-corrected chi connectivity index (χ3v) is 2.44. The molecule has 5 N–H and O–H groups in total. The van der Waals surface area contributed by atoms with Crippen LogP contribution < -0.4 is 16.9 Å². The molecular formula is C12H11N3O2. The van der Waals surface area contributed by atoms with E-state index in [2.05, 4.69) is 4.98 Å². The van der Waals surface area contributed by atoms with Gasteiger partial charge in [-0.05, 0) is 5.56 Å². The Morgan fingerprint density at radius 1 is 1.18 bits per heavy atom. The molecule has 0 aliphatic rings. The van der Waals surface area contributed by atoms with Crippen LogP contribution in [-0.4, -0.2) is 10.9 Å². The maximum Gasteiger partial charge on any atom is 0.256 e. The lowest BCUT2D eigenvalue weighted by Gasteiger charge is -2.05. The number of nitrogen functional groups attached to an aromatic ring is 1. The second-order valence-electron chi connectivity index (χ2n) is 3.55. The lowest BCUT2D eigenvalue weighted by molar-refractivity contribution is 0.1000. The van der Waals surface area contributed by atoms with E-state index in [-0.39, 0.29) is 11.4 Å². The molecule has 1 aromatic carbocycles. The number of pyridine rings is 1. The molecule has 0 aliphatic heterocycles. The molecule has 0 spiro atoms. The van der Waals surface area contributed by atoms with Gasteiger partial charge in [0.05, 0.1) is 0 Å². The predicted octanol–water partition coefficient (Wildman–Crippen LogP) is 0.723. The molecule has 17 heavy (non-hydrogen) atoms. The lowest BCUT2D eigenvalue weighted by Crippen LogP contribution is -2.25. The minimum absolute atomic E-state index is 0.0119. The van der Waals surface area contributed by atoms with Crippen LogP contribution in [0.15, 0.2) is 41.3 Å². The zero-order valence-corrected chi connectivity index (χ0v) is 8.94. The number of nitrogens with one attached hydrogen (secondary N) is 1. The first-order valence-electron chi connectivity index (χ1n) is 4.97. The van der Waals surface area contributed by atoms with Crippen LogP contribution in [0, 0.1) is 0 Å². The number of aromatic amines is 1. The highest BCUT2D eigenvalue weighted by molar-refractivity contribution is 5.98. The second-order valence-corrected chi connectivity index (χ2v) is 3.55. The topological polar surface area (TPSA) is 102 Å². The van der Waals surface area contributed by atoms with E-state index in [1.807, 2.05) is 6.07 Å². The first-order valence-corrected chi connectivity index (χ1v) is 4.97. The van der Waals surface area contributed by atoms with Crippen LogP contribution in [0.4, 0.5) is 5.82 Å². The van der Waals surface area contributed by atoms with Crippen LogP contribution in [0.3, 0.4) is 0 Å². The highest BCUT2D eigenvalue weighted by atomic mass is 16.2. The number of carbonyl (C=O) groups excluding carboxylic acids is 1. The summed E-state index contributed by atoms with van der Waals surface area (Å²) in [5, 5.41) is 0. The quantitative estimate of drug-likeness (QED) is 0.707. The van der Waals surface area contributed by atoms with Gasteiger partial charge in [-0.15, -0.1) is 0 Å². The van der Waals surface area contributed by atoms with E-state index in [4.69, 9.17) is 11.5 Å². The largest absolute Gasteiger partial charge is 0.384 e. The summed E-state index contributed by atoms with van der Waals surface area (Å²) in [6.45, 7) is 0. The Bertz CT molecular complexity index is 617. The van der Waals surface area contributed by atoms with Crippen molar-refractivity contribution in [2.75, 3.05) is 5.73 Å². The molecule has 0 bridgehead atoms. The molecule has 2 rings (SSSR count). The fourth-order valence-corrected chi connectivity index (χ4v) is 1.62. The molecule has 1 amide bonds. The van der Waals surface area contributed by atoms with Gasteiger partial charge in [0.1, 0.15) is 11.4 Å². The summed E-state index contributed by atoms with van der Waals surface area (Å²) in [4.78, 5) is 25.8. The number of anilines is 1. The van der Waals surface area contributed by atoms with Crippen molar-refractivity contribution in [2.24, 2.45) is 5.73 Å². The molecule has 2 aromatic rings. The monoisotopic (exact) mass is 229 g/mol. The number of aromatic nitrogens is 1. The molecule has 86 valence electrons. The molecule has 1 heterocycles. The molecular weight excluding hydrogens is 218 g/mol. The van der Waals surface area contributed by atoms with Gasteiger partial charge in [-0.3, -0.25) is 9.59 Å². The van der Waals surface area contributed by atoms with Crippen molar-refractivity contribution in [3.63, 3.8) is 0 Å². The molecule has 5 nitrogen and oxygen atoms in total. The van der Waals surface area contributed by atoms with E-state index in [0.29, 0.717) is 11.1 Å². The number of H-pyrrole nitrogens is 1. The Kier molecular flexibility index (Phi) is 2.66. The summed E-state index contributed by atoms with van der Waals surface area (Å²) >= 11 is 0. The number of hydrogen-bond donors (Lipinski definition) is 3. The molecule has 0 radical (unpaired) electrons. The van der Waals surface area contributed by atoms with E-state index < -0.39 is 11.3 Å². The van der Waals surface area contributed by atoms with Crippen LogP contribution in [0.2, 0.25) is 0 Å². The Morgan fingerprint density at radius 2 is 1.82 bits per heavy atom. The van der Waals surface area contributed by atoms with Crippen LogP contribution in [0.25, 0.3) is 11.1 Å². The highest BCUT2D eigenvalue weighted by Gasteiger charge is 2.15. The number of hydrogen-bond acceptors (Lipinski definition) is 3. The molecule has 5 heteroatoms. The van der Waals surface area contributed by atoms with Gasteiger partial charge in [-0.2, -0.15) is 0 Å². The third-order valence-electron chi connectivity index (χ3n) is 2.44. The fourth-order valence-electron chi connectivity index (χ4n) is 1.62. The smallest absolute Gasteiger partial charge is 0.256 e. The summed E-state index contributed by atoms with van der Waals surface area (Å²) in [6, 6.07) is 8.98. The lowest BCUT2D eigenvalue weighted by atomic mass is 10.0. The molecule has 1 aromatic heterocycles. The van der Waals surface area contributed by atoms with Gasteiger partial charge >= 0.3 is 0 Å². The molecule has 0 unspecified atom stereocenters. The average Bonchev–Trinajstić information content (AvgIpc) is 2.30. The summed E-state index contributed by atoms with van der Waals surface area (Å²) in [5.74, 6) is -0.844. The predicted molar refractivity (Wildman–Crippen MR) is 65.4 cm³/mol. The van der Waals surface area contributed by atoms with Gasteiger partial charge < -0.3 is 16.5 Å². The van der Waals surface area contributed by atoms with Crippen molar-refractivity contribution in [2.45, 2.75) is 0 Å². The zero-order valence-electron chi connectivity index (χ0n) is 8.94. The average molecular weight is 229 g/mol. The third kappa shape index (κ3) is 1.90. The number of rotatable bonds is 2. The standard InChI is InChI=1S/C12H11N3O2/c13-11-9(12(14)17)10(16)8(6-15-11)7-4-2-1-3-5-7/h1-6H,(H2,14,17)(H3,13,15,16). The molecule has 0 aliphatic carbocycles. The van der Waals surface area contributed by atoms with Crippen molar-refractivity contribution in [1.82, 2.24) is 4.98 Å². The molecule has 0 fully saturated rings. The van der Waals surface area contributed by atoms with E-state index in [0.717, 1.165) is 0 Å². The summed E-state index contributed by atoms with van der Waals surface area (Å²) in [6.07, 6.45) is 1.47. The summed E-state index contributed by atoms with van der Waals surface area (Å²) < 4.78 is 0. The van der Waals surface area contributed by atoms with Gasteiger partial charge in [-0.1, -0.05) is 30.3 Å². The zero-order chi connectivity index (χ0) is 12.4. The minimum atomic E-state index is -0.832. The van der Waals surface area contributed by atoms with Gasteiger partial charge in [0, 0.05) is 11.8 Å². The second kappa shape index (κ2) is 4.13. The van der Waals surface area contributed by atoms with Crippen molar-refractivity contribution in [1.29, 1.82) is 0 Å². The number of benzene rings is 1. The van der Waals surface area contributed by atoms with Crippen molar-refractivity contribution in [3.8, 4) is 11.1 Å². The minimum Gasteiger partial charge on any atom is -0.384 e. The molecule has 0 saturated carbocycles. The van der Waals surface area contributed by atoms with E-state index >= 15 is 0 Å². The van der Waals surface area contributed by atoms with Crippen molar-refractivity contribution in [3.05, 3.63) is 52.3 Å². The fraction of sp³-hybridized carbons (Fsp3) is 0. The highest BCUT2D eigenvalue weighted by Crippen LogP contribution is 2.16. The first kappa shape index (κ1) is 10.9. The van der Waals surface area contributed by atoms with Crippen molar-refractivity contribution >= 4 is 11.7 Å². The number of primary amides is 1. The number of nitrogens with two attached hydrogens (primary N) is 2. The van der Waals surface area contributed by atoms with Gasteiger partial charge in [0.15, 0.2) is 0 Å². The SMILES string of the molecule is NC(=O)c1c(N)[nH]cc(-c2ccccc2)c1=O. The normalized spacial score (nSPS) is 10.1. The van der Waals surface area contributed by atoms with Gasteiger partial charge in [0.2, 0.25) is 5.43 Å². The van der Waals surface area contributed by atoms with Crippen LogP contribution in [0.5, 0.6) is 0 Å². The van der Waals surface area contributed by atoms with Crippen LogP contribution in [-0.2, 0) is 0 Å². The Hall–Kier alpha value is -2.56. The Morgan fingerprint density at radius 3 is 2.41 bits per heavy atom. The van der Waals surface area contributed by atoms with E-state index in [1.165, 1.54) is 6.20 Å². The molecule has 0 saturated heterocycles. The molecule has 0 atom stereocenters. The Labute approximate surface area is 97.1 Å². The van der Waals surface area contributed by atoms with Gasteiger partial charge in [-0.25, -0.2) is 0 Å². The van der Waals surface area contributed by atoms with E-state index in [9.17, 15) is 9.59 Å². The van der Waals surface area contributed by atoms with Crippen LogP contribution in [0.1, 0.15) is 10.4 Å². The number of amides is 1. The van der Waals surface area contributed by atoms with Crippen molar-refractivity contribution < 1.29 is 4.79 Å². The number of carbonyl (C=O) groups is 1. The summed E-state index contributed by atoms with van der Waals surface area (Å²) in [7, 11) is 0. The first-order chi connectivity index (χ1) is 8.11. The van der Waals surface area contributed by atoms with Gasteiger partial charge in [0.25, 0.3) is 5.91 Å². The maximum absolute atomic E-state index is 12.0.